The lowest BCUT2D eigenvalue weighted by atomic mass is 10.3. The van der Waals surface area contributed by atoms with Crippen molar-refractivity contribution in [1.82, 2.24) is 34.8 Å². The van der Waals surface area contributed by atoms with E-state index in [1.807, 2.05) is 18.7 Å². The minimum atomic E-state index is -0.195. The molecule has 26 heavy (non-hydrogen) atoms. The number of nitrogens with one attached hydrogen (secondary N) is 1. The highest BCUT2D eigenvalue weighted by Crippen LogP contribution is 2.11. The fourth-order valence-corrected chi connectivity index (χ4v) is 3.56. The standard InChI is InChI=1S/C17H29N7O2/c1-3-24-16(18-13-19-24)14(2)20-17(26)23-10-8-21(9-11-23)12-15(25)22-6-4-5-7-22/h13-14H,3-12H2,1-2H3,(H,20,26). The Labute approximate surface area is 154 Å². The zero-order valence-corrected chi connectivity index (χ0v) is 15.7. The van der Waals surface area contributed by atoms with Gasteiger partial charge in [-0.1, -0.05) is 0 Å². The third-order valence-corrected chi connectivity index (χ3v) is 5.15. The van der Waals surface area contributed by atoms with Gasteiger partial charge in [-0.3, -0.25) is 9.69 Å². The normalized spacial score (nSPS) is 19.6. The van der Waals surface area contributed by atoms with Gasteiger partial charge in [0, 0.05) is 45.8 Å². The van der Waals surface area contributed by atoms with E-state index in [2.05, 4.69) is 20.3 Å². The second-order valence-electron chi connectivity index (χ2n) is 6.96. The summed E-state index contributed by atoms with van der Waals surface area (Å²) in [5.74, 6) is 0.976. The van der Waals surface area contributed by atoms with Crippen LogP contribution in [0, 0.1) is 0 Å². The molecule has 1 unspecified atom stereocenters. The van der Waals surface area contributed by atoms with E-state index in [1.165, 1.54) is 6.33 Å². The van der Waals surface area contributed by atoms with Crippen LogP contribution < -0.4 is 5.32 Å². The van der Waals surface area contributed by atoms with Crippen molar-refractivity contribution in [3.05, 3.63) is 12.2 Å². The van der Waals surface area contributed by atoms with E-state index in [0.717, 1.165) is 51.4 Å². The number of urea groups is 1. The zero-order valence-electron chi connectivity index (χ0n) is 15.7. The fraction of sp³-hybridized carbons (Fsp3) is 0.765. The highest BCUT2D eigenvalue weighted by molar-refractivity contribution is 5.78. The van der Waals surface area contributed by atoms with Gasteiger partial charge in [-0.15, -0.1) is 0 Å². The smallest absolute Gasteiger partial charge is 0.318 e. The minimum Gasteiger partial charge on any atom is -0.342 e. The fourth-order valence-electron chi connectivity index (χ4n) is 3.56. The summed E-state index contributed by atoms with van der Waals surface area (Å²) in [6.07, 6.45) is 3.74. The van der Waals surface area contributed by atoms with Crippen LogP contribution in [-0.2, 0) is 11.3 Å². The molecule has 2 fully saturated rings. The first kappa shape index (κ1) is 18.6. The number of hydrogen-bond acceptors (Lipinski definition) is 5. The number of amides is 3. The van der Waals surface area contributed by atoms with Crippen molar-refractivity contribution >= 4 is 11.9 Å². The average Bonchev–Trinajstić information content (AvgIpc) is 3.33. The molecule has 0 spiro atoms. The van der Waals surface area contributed by atoms with E-state index < -0.39 is 0 Å². The number of aryl methyl sites for hydroxylation is 1. The molecule has 1 N–H and O–H groups in total. The number of likely N-dealkylation sites (tertiary alicyclic amines) is 1. The van der Waals surface area contributed by atoms with Gasteiger partial charge in [0.15, 0.2) is 0 Å². The third kappa shape index (κ3) is 4.32. The van der Waals surface area contributed by atoms with Gasteiger partial charge in [0.25, 0.3) is 0 Å². The van der Waals surface area contributed by atoms with E-state index in [-0.39, 0.29) is 18.0 Å². The molecule has 0 bridgehead atoms. The first-order chi connectivity index (χ1) is 12.6. The van der Waals surface area contributed by atoms with Crippen molar-refractivity contribution < 1.29 is 9.59 Å². The molecule has 3 rings (SSSR count). The first-order valence-corrected chi connectivity index (χ1v) is 9.51. The summed E-state index contributed by atoms with van der Waals surface area (Å²) in [4.78, 5) is 34.9. The van der Waals surface area contributed by atoms with Crippen molar-refractivity contribution in [2.75, 3.05) is 45.8 Å². The van der Waals surface area contributed by atoms with Crippen molar-refractivity contribution in [2.24, 2.45) is 0 Å². The van der Waals surface area contributed by atoms with Gasteiger partial charge in [-0.05, 0) is 26.7 Å². The van der Waals surface area contributed by atoms with Gasteiger partial charge in [-0.2, -0.15) is 5.10 Å². The number of piperazine rings is 1. The summed E-state index contributed by atoms with van der Waals surface area (Å²) in [5, 5.41) is 7.14. The number of rotatable bonds is 5. The highest BCUT2D eigenvalue weighted by Gasteiger charge is 2.26. The summed E-state index contributed by atoms with van der Waals surface area (Å²) in [5.41, 5.74) is 0. The number of carbonyl (C=O) groups excluding carboxylic acids is 2. The van der Waals surface area contributed by atoms with Crippen molar-refractivity contribution in [1.29, 1.82) is 0 Å². The lowest BCUT2D eigenvalue weighted by molar-refractivity contribution is -0.131. The van der Waals surface area contributed by atoms with Crippen LogP contribution in [-0.4, -0.2) is 87.2 Å². The monoisotopic (exact) mass is 363 g/mol. The molecule has 3 amide bonds. The Bertz CT molecular complexity index is 618. The van der Waals surface area contributed by atoms with Crippen LogP contribution in [0.25, 0.3) is 0 Å². The molecule has 1 atom stereocenters. The van der Waals surface area contributed by atoms with Crippen LogP contribution in [0.2, 0.25) is 0 Å². The lowest BCUT2D eigenvalue weighted by Crippen LogP contribution is -2.53. The Balaban J connectivity index is 1.44. The molecule has 144 valence electrons. The summed E-state index contributed by atoms with van der Waals surface area (Å²) in [6, 6.07) is -0.284. The molecule has 3 heterocycles. The average molecular weight is 363 g/mol. The largest absolute Gasteiger partial charge is 0.342 e. The predicted molar refractivity (Wildman–Crippen MR) is 96.5 cm³/mol. The van der Waals surface area contributed by atoms with Crippen LogP contribution in [0.1, 0.15) is 38.6 Å². The maximum absolute atomic E-state index is 12.5. The second-order valence-corrected chi connectivity index (χ2v) is 6.96. The van der Waals surface area contributed by atoms with Crippen LogP contribution in [0.15, 0.2) is 6.33 Å². The Morgan fingerprint density at radius 1 is 1.12 bits per heavy atom. The maximum Gasteiger partial charge on any atom is 0.318 e. The minimum absolute atomic E-state index is 0.0892. The third-order valence-electron chi connectivity index (χ3n) is 5.15. The molecule has 0 aliphatic carbocycles. The Morgan fingerprint density at radius 2 is 1.81 bits per heavy atom. The van der Waals surface area contributed by atoms with Crippen molar-refractivity contribution in [3.63, 3.8) is 0 Å². The second kappa shape index (κ2) is 8.48. The molecular formula is C17H29N7O2. The Morgan fingerprint density at radius 3 is 2.46 bits per heavy atom. The van der Waals surface area contributed by atoms with E-state index >= 15 is 0 Å². The lowest BCUT2D eigenvalue weighted by Gasteiger charge is -2.35. The molecule has 0 aromatic carbocycles. The number of nitrogens with zero attached hydrogens (tertiary/aromatic N) is 6. The first-order valence-electron chi connectivity index (χ1n) is 9.51. The quantitative estimate of drug-likeness (QED) is 0.814. The highest BCUT2D eigenvalue weighted by atomic mass is 16.2. The molecule has 2 aliphatic heterocycles. The van der Waals surface area contributed by atoms with Crippen LogP contribution in [0.4, 0.5) is 4.79 Å². The van der Waals surface area contributed by atoms with Crippen LogP contribution in [0.3, 0.4) is 0 Å². The zero-order chi connectivity index (χ0) is 18.5. The Kier molecular flexibility index (Phi) is 6.08. The van der Waals surface area contributed by atoms with Gasteiger partial charge in [0.2, 0.25) is 5.91 Å². The molecule has 0 saturated carbocycles. The molecule has 9 heteroatoms. The summed E-state index contributed by atoms with van der Waals surface area (Å²) in [6.45, 7) is 9.60. The number of hydrogen-bond donors (Lipinski definition) is 1. The molecule has 1 aromatic rings. The van der Waals surface area contributed by atoms with Gasteiger partial charge >= 0.3 is 6.03 Å². The summed E-state index contributed by atoms with van der Waals surface area (Å²) < 4.78 is 1.78. The van der Waals surface area contributed by atoms with Crippen molar-refractivity contribution in [3.8, 4) is 0 Å². The van der Waals surface area contributed by atoms with Gasteiger partial charge in [0.05, 0.1) is 12.6 Å². The van der Waals surface area contributed by atoms with Gasteiger partial charge in [0.1, 0.15) is 12.2 Å². The van der Waals surface area contributed by atoms with Crippen LogP contribution in [0.5, 0.6) is 0 Å². The van der Waals surface area contributed by atoms with Crippen LogP contribution >= 0.6 is 0 Å². The predicted octanol–water partition coefficient (Wildman–Crippen LogP) is 0.309. The molecule has 9 nitrogen and oxygen atoms in total. The molecule has 1 aromatic heterocycles. The van der Waals surface area contributed by atoms with E-state index in [0.29, 0.717) is 19.6 Å². The SMILES string of the molecule is CCn1ncnc1C(C)NC(=O)N1CCN(CC(=O)N2CCCC2)CC1. The molecular weight excluding hydrogens is 334 g/mol. The molecule has 0 radical (unpaired) electrons. The number of aromatic nitrogens is 3. The van der Waals surface area contributed by atoms with E-state index in [1.54, 1.807) is 9.58 Å². The maximum atomic E-state index is 12.5. The Hall–Kier alpha value is -2.16. The van der Waals surface area contributed by atoms with E-state index in [9.17, 15) is 9.59 Å². The summed E-state index contributed by atoms with van der Waals surface area (Å²) >= 11 is 0. The van der Waals surface area contributed by atoms with Gasteiger partial charge < -0.3 is 15.1 Å². The van der Waals surface area contributed by atoms with Crippen molar-refractivity contribution in [2.45, 2.75) is 39.3 Å². The molecule has 2 aliphatic rings. The summed E-state index contributed by atoms with van der Waals surface area (Å²) in [7, 11) is 0. The molecule has 2 saturated heterocycles. The van der Waals surface area contributed by atoms with E-state index in [4.69, 9.17) is 0 Å². The van der Waals surface area contributed by atoms with Gasteiger partial charge in [-0.25, -0.2) is 14.5 Å². The number of carbonyl (C=O) groups is 2. The topological polar surface area (TPSA) is 86.6 Å².